The third-order valence-electron chi connectivity index (χ3n) is 4.83. The molecule has 0 saturated carbocycles. The SMILES string of the molecule is CCNC(=NCCOc1ccccc1)N1CCC(C)C(n2ccnc2)C1. The highest BCUT2D eigenvalue weighted by Crippen LogP contribution is 2.27. The minimum Gasteiger partial charge on any atom is -0.492 e. The quantitative estimate of drug-likeness (QED) is 0.492. The molecule has 2 heterocycles. The van der Waals surface area contributed by atoms with E-state index in [2.05, 4.69) is 39.8 Å². The van der Waals surface area contributed by atoms with Crippen LogP contribution < -0.4 is 10.1 Å². The topological polar surface area (TPSA) is 54.7 Å². The van der Waals surface area contributed by atoms with Crippen LogP contribution in [0.4, 0.5) is 0 Å². The third-order valence-corrected chi connectivity index (χ3v) is 4.83. The molecule has 0 aliphatic carbocycles. The molecule has 1 saturated heterocycles. The number of hydrogen-bond donors (Lipinski definition) is 1. The molecule has 2 atom stereocenters. The summed E-state index contributed by atoms with van der Waals surface area (Å²) in [6, 6.07) is 10.3. The summed E-state index contributed by atoms with van der Waals surface area (Å²) < 4.78 is 7.97. The zero-order valence-electron chi connectivity index (χ0n) is 15.7. The second kappa shape index (κ2) is 9.27. The minimum atomic E-state index is 0.427. The van der Waals surface area contributed by atoms with Crippen LogP contribution in [0.3, 0.4) is 0 Å². The number of piperidine rings is 1. The van der Waals surface area contributed by atoms with Crippen LogP contribution in [-0.2, 0) is 0 Å². The number of aromatic nitrogens is 2. The van der Waals surface area contributed by atoms with Crippen LogP contribution in [0.2, 0.25) is 0 Å². The highest BCUT2D eigenvalue weighted by atomic mass is 16.5. The molecule has 0 amide bonds. The Kier molecular flexibility index (Phi) is 6.52. The van der Waals surface area contributed by atoms with Gasteiger partial charge in [0, 0.05) is 32.0 Å². The minimum absolute atomic E-state index is 0.427. The first-order chi connectivity index (χ1) is 12.8. The van der Waals surface area contributed by atoms with Gasteiger partial charge in [-0.05, 0) is 31.4 Å². The van der Waals surface area contributed by atoms with Gasteiger partial charge in [-0.2, -0.15) is 0 Å². The molecule has 2 unspecified atom stereocenters. The van der Waals surface area contributed by atoms with Gasteiger partial charge in [-0.1, -0.05) is 25.1 Å². The van der Waals surface area contributed by atoms with Crippen LogP contribution in [0.25, 0.3) is 0 Å². The number of nitrogens with one attached hydrogen (secondary N) is 1. The van der Waals surface area contributed by atoms with Gasteiger partial charge in [0.15, 0.2) is 5.96 Å². The molecule has 140 valence electrons. The lowest BCUT2D eigenvalue weighted by Crippen LogP contribution is -2.49. The first kappa shape index (κ1) is 18.3. The molecular formula is C20H29N5O. The van der Waals surface area contributed by atoms with Crippen LogP contribution in [0.5, 0.6) is 5.75 Å². The Labute approximate surface area is 155 Å². The van der Waals surface area contributed by atoms with Crippen LogP contribution >= 0.6 is 0 Å². The summed E-state index contributed by atoms with van der Waals surface area (Å²) in [7, 11) is 0. The molecule has 0 spiro atoms. The lowest BCUT2D eigenvalue weighted by Gasteiger charge is -2.39. The van der Waals surface area contributed by atoms with Crippen molar-refractivity contribution >= 4 is 5.96 Å². The fraction of sp³-hybridized carbons (Fsp3) is 0.500. The summed E-state index contributed by atoms with van der Waals surface area (Å²) in [5, 5.41) is 3.43. The lowest BCUT2D eigenvalue weighted by atomic mass is 9.93. The molecule has 1 aliphatic rings. The number of guanidine groups is 1. The van der Waals surface area contributed by atoms with E-state index in [0.717, 1.165) is 37.8 Å². The normalized spacial score (nSPS) is 20.8. The Hall–Kier alpha value is -2.50. The van der Waals surface area contributed by atoms with Crippen molar-refractivity contribution in [2.45, 2.75) is 26.3 Å². The Balaban J connectivity index is 1.59. The average molecular weight is 355 g/mol. The van der Waals surface area contributed by atoms with Gasteiger partial charge in [0.1, 0.15) is 12.4 Å². The monoisotopic (exact) mass is 355 g/mol. The Bertz CT molecular complexity index is 671. The zero-order chi connectivity index (χ0) is 18.2. The Morgan fingerprint density at radius 1 is 1.35 bits per heavy atom. The maximum atomic E-state index is 5.75. The Morgan fingerprint density at radius 2 is 2.19 bits per heavy atom. The number of benzene rings is 1. The molecule has 0 radical (unpaired) electrons. The van der Waals surface area contributed by atoms with Crippen molar-refractivity contribution in [3.8, 4) is 5.75 Å². The highest BCUT2D eigenvalue weighted by molar-refractivity contribution is 5.80. The van der Waals surface area contributed by atoms with Crippen molar-refractivity contribution in [2.24, 2.45) is 10.9 Å². The maximum Gasteiger partial charge on any atom is 0.194 e. The molecule has 2 aromatic rings. The van der Waals surface area contributed by atoms with Gasteiger partial charge in [0.05, 0.1) is 18.9 Å². The fourth-order valence-electron chi connectivity index (χ4n) is 3.35. The van der Waals surface area contributed by atoms with Gasteiger partial charge in [0.25, 0.3) is 0 Å². The molecule has 26 heavy (non-hydrogen) atoms. The largest absolute Gasteiger partial charge is 0.492 e. The van der Waals surface area contributed by atoms with Gasteiger partial charge in [-0.3, -0.25) is 0 Å². The number of likely N-dealkylation sites (tertiary alicyclic amines) is 1. The number of para-hydroxylation sites is 1. The van der Waals surface area contributed by atoms with Crippen molar-refractivity contribution in [1.82, 2.24) is 19.8 Å². The van der Waals surface area contributed by atoms with Gasteiger partial charge in [-0.15, -0.1) is 0 Å². The summed E-state index contributed by atoms with van der Waals surface area (Å²) >= 11 is 0. The van der Waals surface area contributed by atoms with Crippen molar-refractivity contribution < 1.29 is 4.74 Å². The van der Waals surface area contributed by atoms with E-state index in [1.165, 1.54) is 0 Å². The summed E-state index contributed by atoms with van der Waals surface area (Å²) in [5.74, 6) is 2.49. The van der Waals surface area contributed by atoms with E-state index in [4.69, 9.17) is 9.73 Å². The van der Waals surface area contributed by atoms with E-state index in [1.54, 1.807) is 0 Å². The molecule has 6 heteroatoms. The predicted octanol–water partition coefficient (Wildman–Crippen LogP) is 2.81. The standard InChI is InChI=1S/C20H29N5O/c1-3-22-20(23-11-14-26-18-7-5-4-6-8-18)24-12-9-17(2)19(15-24)25-13-10-21-16-25/h4-8,10,13,16-17,19H,3,9,11-12,14-15H2,1-2H3,(H,22,23). The number of ether oxygens (including phenoxy) is 1. The van der Waals surface area contributed by atoms with Crippen LogP contribution in [0, 0.1) is 5.92 Å². The first-order valence-corrected chi connectivity index (χ1v) is 9.46. The lowest BCUT2D eigenvalue weighted by molar-refractivity contribution is 0.188. The number of hydrogen-bond acceptors (Lipinski definition) is 3. The molecule has 1 fully saturated rings. The van der Waals surface area contributed by atoms with Crippen LogP contribution in [0.1, 0.15) is 26.3 Å². The van der Waals surface area contributed by atoms with E-state index in [9.17, 15) is 0 Å². The number of imidazole rings is 1. The fourth-order valence-corrected chi connectivity index (χ4v) is 3.35. The molecule has 1 aromatic heterocycles. The molecule has 1 aliphatic heterocycles. The van der Waals surface area contributed by atoms with Crippen molar-refractivity contribution in [1.29, 1.82) is 0 Å². The summed E-state index contributed by atoms with van der Waals surface area (Å²) in [5.41, 5.74) is 0. The molecule has 1 N–H and O–H groups in total. The maximum absolute atomic E-state index is 5.75. The first-order valence-electron chi connectivity index (χ1n) is 9.46. The predicted molar refractivity (Wildman–Crippen MR) is 105 cm³/mol. The van der Waals surface area contributed by atoms with Crippen molar-refractivity contribution in [3.63, 3.8) is 0 Å². The van der Waals surface area contributed by atoms with E-state index >= 15 is 0 Å². The smallest absolute Gasteiger partial charge is 0.194 e. The van der Waals surface area contributed by atoms with Crippen LogP contribution in [-0.4, -0.2) is 53.2 Å². The molecule has 1 aromatic carbocycles. The molecular weight excluding hydrogens is 326 g/mol. The van der Waals surface area contributed by atoms with Gasteiger partial charge in [-0.25, -0.2) is 9.98 Å². The summed E-state index contributed by atoms with van der Waals surface area (Å²) in [6.07, 6.45) is 6.98. The number of nitrogens with zero attached hydrogens (tertiary/aromatic N) is 4. The summed E-state index contributed by atoms with van der Waals surface area (Å²) in [6.45, 7) is 8.48. The Morgan fingerprint density at radius 3 is 2.92 bits per heavy atom. The summed E-state index contributed by atoms with van der Waals surface area (Å²) in [4.78, 5) is 11.3. The van der Waals surface area contributed by atoms with E-state index < -0.39 is 0 Å². The zero-order valence-corrected chi connectivity index (χ0v) is 15.7. The van der Waals surface area contributed by atoms with Crippen molar-refractivity contribution in [3.05, 3.63) is 49.1 Å². The molecule has 3 rings (SSSR count). The second-order valence-electron chi connectivity index (χ2n) is 6.69. The van der Waals surface area contributed by atoms with Gasteiger partial charge < -0.3 is 19.5 Å². The molecule has 0 bridgehead atoms. The van der Waals surface area contributed by atoms with E-state index in [1.807, 2.05) is 42.9 Å². The third kappa shape index (κ3) is 4.77. The van der Waals surface area contributed by atoms with E-state index in [-0.39, 0.29) is 0 Å². The number of rotatable bonds is 6. The van der Waals surface area contributed by atoms with Crippen molar-refractivity contribution in [2.75, 3.05) is 32.8 Å². The van der Waals surface area contributed by atoms with Gasteiger partial charge >= 0.3 is 0 Å². The number of aliphatic imine (C=N–C) groups is 1. The van der Waals surface area contributed by atoms with E-state index in [0.29, 0.717) is 25.1 Å². The van der Waals surface area contributed by atoms with Gasteiger partial charge in [0.2, 0.25) is 0 Å². The molecule has 6 nitrogen and oxygen atoms in total. The van der Waals surface area contributed by atoms with Crippen LogP contribution in [0.15, 0.2) is 54.0 Å². The average Bonchev–Trinajstić information content (AvgIpc) is 3.20. The highest BCUT2D eigenvalue weighted by Gasteiger charge is 2.28. The second-order valence-corrected chi connectivity index (χ2v) is 6.69.